The van der Waals surface area contributed by atoms with E-state index in [1.54, 1.807) is 7.05 Å². The number of benzene rings is 1. The van der Waals surface area contributed by atoms with Crippen LogP contribution in [0.3, 0.4) is 0 Å². The van der Waals surface area contributed by atoms with Crippen LogP contribution in [0.15, 0.2) is 41.5 Å². The lowest BCUT2D eigenvalue weighted by atomic mass is 10.0. The summed E-state index contributed by atoms with van der Waals surface area (Å²) in [5, 5.41) is 9.07. The highest BCUT2D eigenvalue weighted by atomic mass is 16.4. The Morgan fingerprint density at radius 2 is 1.95 bits per heavy atom. The fourth-order valence-electron chi connectivity index (χ4n) is 1.91. The standard InChI is InChI=1S/C14H14N2O3/c1-16-9-15-12(14(18)19)11(13(16)17)8-7-10-5-3-2-4-6-10/h2-6,9H,7-8H2,1H3,(H,18,19). The lowest BCUT2D eigenvalue weighted by Crippen LogP contribution is -2.26. The van der Waals surface area contributed by atoms with Crippen LogP contribution >= 0.6 is 0 Å². The number of nitrogens with zero attached hydrogens (tertiary/aromatic N) is 2. The number of aryl methyl sites for hydroxylation is 2. The van der Waals surface area contributed by atoms with Crippen LogP contribution in [0.25, 0.3) is 0 Å². The average molecular weight is 258 g/mol. The van der Waals surface area contributed by atoms with Crippen molar-refractivity contribution >= 4 is 5.97 Å². The smallest absolute Gasteiger partial charge is 0.355 e. The molecule has 0 radical (unpaired) electrons. The largest absolute Gasteiger partial charge is 0.476 e. The Balaban J connectivity index is 2.31. The second kappa shape index (κ2) is 5.48. The molecule has 0 atom stereocenters. The van der Waals surface area contributed by atoms with Gasteiger partial charge in [-0.25, -0.2) is 9.78 Å². The maximum absolute atomic E-state index is 12.0. The molecule has 0 amide bonds. The quantitative estimate of drug-likeness (QED) is 0.896. The Morgan fingerprint density at radius 1 is 1.26 bits per heavy atom. The highest BCUT2D eigenvalue weighted by Gasteiger charge is 2.16. The van der Waals surface area contributed by atoms with Gasteiger partial charge < -0.3 is 9.67 Å². The Labute approximate surface area is 110 Å². The Hall–Kier alpha value is -2.43. The Morgan fingerprint density at radius 3 is 2.58 bits per heavy atom. The van der Waals surface area contributed by atoms with Gasteiger partial charge in [0.15, 0.2) is 5.69 Å². The number of hydrogen-bond acceptors (Lipinski definition) is 3. The summed E-state index contributed by atoms with van der Waals surface area (Å²) in [6.45, 7) is 0. The summed E-state index contributed by atoms with van der Waals surface area (Å²) in [7, 11) is 1.56. The van der Waals surface area contributed by atoms with Crippen molar-refractivity contribution < 1.29 is 9.90 Å². The molecule has 0 unspecified atom stereocenters. The van der Waals surface area contributed by atoms with Crippen LogP contribution in [0.5, 0.6) is 0 Å². The van der Waals surface area contributed by atoms with Gasteiger partial charge in [-0.15, -0.1) is 0 Å². The predicted molar refractivity (Wildman–Crippen MR) is 70.3 cm³/mol. The molecular weight excluding hydrogens is 244 g/mol. The van der Waals surface area contributed by atoms with Crippen molar-refractivity contribution in [3.05, 3.63) is 63.8 Å². The summed E-state index contributed by atoms with van der Waals surface area (Å²) in [6.07, 6.45) is 2.21. The van der Waals surface area contributed by atoms with Crippen LogP contribution in [0.4, 0.5) is 0 Å². The van der Waals surface area contributed by atoms with Gasteiger partial charge in [0.25, 0.3) is 5.56 Å². The van der Waals surface area contributed by atoms with Gasteiger partial charge in [-0.05, 0) is 18.4 Å². The highest BCUT2D eigenvalue weighted by molar-refractivity contribution is 5.86. The molecule has 98 valence electrons. The number of aromatic carboxylic acids is 1. The Kier molecular flexibility index (Phi) is 3.75. The van der Waals surface area contributed by atoms with Gasteiger partial charge >= 0.3 is 5.97 Å². The van der Waals surface area contributed by atoms with Crippen molar-refractivity contribution in [2.75, 3.05) is 0 Å². The topological polar surface area (TPSA) is 72.2 Å². The zero-order chi connectivity index (χ0) is 13.8. The molecule has 5 nitrogen and oxygen atoms in total. The van der Waals surface area contributed by atoms with Gasteiger partial charge in [0.05, 0.1) is 11.9 Å². The van der Waals surface area contributed by atoms with Gasteiger partial charge in [-0.1, -0.05) is 30.3 Å². The van der Waals surface area contributed by atoms with Crippen molar-refractivity contribution in [2.45, 2.75) is 12.8 Å². The van der Waals surface area contributed by atoms with E-state index in [0.717, 1.165) is 5.56 Å². The van der Waals surface area contributed by atoms with Crippen LogP contribution < -0.4 is 5.56 Å². The molecule has 5 heteroatoms. The second-order valence-corrected chi connectivity index (χ2v) is 4.28. The molecule has 19 heavy (non-hydrogen) atoms. The lowest BCUT2D eigenvalue weighted by Gasteiger charge is -2.06. The molecule has 0 aliphatic rings. The molecule has 2 rings (SSSR count). The first-order valence-electron chi connectivity index (χ1n) is 5.91. The maximum Gasteiger partial charge on any atom is 0.355 e. The van der Waals surface area contributed by atoms with E-state index in [0.29, 0.717) is 12.8 Å². The van der Waals surface area contributed by atoms with Crippen LogP contribution in [-0.4, -0.2) is 20.6 Å². The normalized spacial score (nSPS) is 10.4. The van der Waals surface area contributed by atoms with E-state index in [2.05, 4.69) is 4.98 Å². The van der Waals surface area contributed by atoms with E-state index in [9.17, 15) is 9.59 Å². The third kappa shape index (κ3) is 2.88. The second-order valence-electron chi connectivity index (χ2n) is 4.28. The number of hydrogen-bond donors (Lipinski definition) is 1. The van der Waals surface area contributed by atoms with E-state index in [1.165, 1.54) is 10.9 Å². The van der Waals surface area contributed by atoms with Gasteiger partial charge in [-0.2, -0.15) is 0 Å². The van der Waals surface area contributed by atoms with E-state index in [1.807, 2.05) is 30.3 Å². The van der Waals surface area contributed by atoms with Crippen molar-refractivity contribution in [1.82, 2.24) is 9.55 Å². The molecule has 1 heterocycles. The highest BCUT2D eigenvalue weighted by Crippen LogP contribution is 2.07. The first-order chi connectivity index (χ1) is 9.09. The fourth-order valence-corrected chi connectivity index (χ4v) is 1.91. The summed E-state index contributed by atoms with van der Waals surface area (Å²) >= 11 is 0. The van der Waals surface area contributed by atoms with Crippen LogP contribution in [0.1, 0.15) is 21.6 Å². The summed E-state index contributed by atoms with van der Waals surface area (Å²) in [4.78, 5) is 26.9. The van der Waals surface area contributed by atoms with Gasteiger partial charge in [0.2, 0.25) is 0 Å². The molecule has 0 spiro atoms. The molecule has 1 N–H and O–H groups in total. The van der Waals surface area contributed by atoms with E-state index in [4.69, 9.17) is 5.11 Å². The average Bonchev–Trinajstić information content (AvgIpc) is 2.41. The van der Waals surface area contributed by atoms with Crippen molar-refractivity contribution in [3.63, 3.8) is 0 Å². The lowest BCUT2D eigenvalue weighted by molar-refractivity contribution is 0.0688. The van der Waals surface area contributed by atoms with Crippen LogP contribution in [0, 0.1) is 0 Å². The number of carbonyl (C=O) groups is 1. The SMILES string of the molecule is Cn1cnc(C(=O)O)c(CCc2ccccc2)c1=O. The third-order valence-electron chi connectivity index (χ3n) is 2.93. The molecule has 2 aromatic rings. The molecule has 0 saturated carbocycles. The van der Waals surface area contributed by atoms with Crippen molar-refractivity contribution in [2.24, 2.45) is 7.05 Å². The minimum atomic E-state index is -1.17. The van der Waals surface area contributed by atoms with Crippen LogP contribution in [-0.2, 0) is 19.9 Å². The first-order valence-corrected chi connectivity index (χ1v) is 5.91. The molecule has 0 saturated heterocycles. The molecule has 0 aliphatic heterocycles. The first kappa shape index (κ1) is 13.0. The summed E-state index contributed by atoms with van der Waals surface area (Å²) in [5.74, 6) is -1.17. The van der Waals surface area contributed by atoms with Gasteiger partial charge in [0, 0.05) is 7.05 Å². The zero-order valence-corrected chi connectivity index (χ0v) is 10.5. The zero-order valence-electron chi connectivity index (χ0n) is 10.5. The van der Waals surface area contributed by atoms with Crippen molar-refractivity contribution in [3.8, 4) is 0 Å². The molecule has 0 aliphatic carbocycles. The summed E-state index contributed by atoms with van der Waals surface area (Å²) in [6, 6.07) is 9.63. The molecule has 0 fully saturated rings. The minimum Gasteiger partial charge on any atom is -0.476 e. The van der Waals surface area contributed by atoms with Gasteiger partial charge in [0.1, 0.15) is 0 Å². The van der Waals surface area contributed by atoms with Crippen molar-refractivity contribution in [1.29, 1.82) is 0 Å². The number of carboxylic acid groups (broad SMARTS) is 1. The molecule has 0 bridgehead atoms. The fraction of sp³-hybridized carbons (Fsp3) is 0.214. The van der Waals surface area contributed by atoms with Gasteiger partial charge in [-0.3, -0.25) is 4.79 Å². The summed E-state index contributed by atoms with van der Waals surface area (Å²) in [5.41, 5.74) is 0.855. The van der Waals surface area contributed by atoms with E-state index < -0.39 is 5.97 Å². The minimum absolute atomic E-state index is 0.154. The number of carboxylic acids is 1. The molecule has 1 aromatic heterocycles. The van der Waals surface area contributed by atoms with E-state index in [-0.39, 0.29) is 16.8 Å². The maximum atomic E-state index is 12.0. The monoisotopic (exact) mass is 258 g/mol. The van der Waals surface area contributed by atoms with Crippen LogP contribution in [0.2, 0.25) is 0 Å². The van der Waals surface area contributed by atoms with E-state index >= 15 is 0 Å². The predicted octanol–water partition coefficient (Wildman–Crippen LogP) is 1.26. The molecular formula is C14H14N2O3. The summed E-state index contributed by atoms with van der Waals surface area (Å²) < 4.78 is 1.30. The Bertz CT molecular complexity index is 647. The number of rotatable bonds is 4. The third-order valence-corrected chi connectivity index (χ3v) is 2.93. The molecule has 1 aromatic carbocycles. The number of aromatic nitrogens is 2.